The molecule has 0 bridgehead atoms. The van der Waals surface area contributed by atoms with E-state index in [0.29, 0.717) is 6.42 Å². The van der Waals surface area contributed by atoms with Crippen LogP contribution < -0.4 is 5.32 Å². The highest BCUT2D eigenvalue weighted by atomic mass is 16.5. The van der Waals surface area contributed by atoms with Gasteiger partial charge in [-0.2, -0.15) is 0 Å². The number of aliphatic carboxylic acids is 1. The van der Waals surface area contributed by atoms with Gasteiger partial charge in [0.15, 0.2) is 0 Å². The van der Waals surface area contributed by atoms with Crippen molar-refractivity contribution >= 4 is 12.1 Å². The molecule has 2 N–H and O–H groups in total. The maximum absolute atomic E-state index is 11.8. The number of carbonyl (C=O) groups is 2. The van der Waals surface area contributed by atoms with Crippen LogP contribution in [0.2, 0.25) is 0 Å². The molecule has 0 radical (unpaired) electrons. The first-order chi connectivity index (χ1) is 9.58. The molecule has 2 fully saturated rings. The molecule has 2 saturated carbocycles. The lowest BCUT2D eigenvalue weighted by molar-refractivity contribution is -0.154. The van der Waals surface area contributed by atoms with Crippen LogP contribution in [0.3, 0.4) is 0 Å². The highest BCUT2D eigenvalue weighted by Crippen LogP contribution is 2.66. The molecule has 1 amide bonds. The third kappa shape index (κ3) is 1.94. The van der Waals surface area contributed by atoms with Crippen molar-refractivity contribution in [2.24, 2.45) is 5.41 Å². The van der Waals surface area contributed by atoms with E-state index in [0.717, 1.165) is 24.8 Å². The Morgan fingerprint density at radius 1 is 1.15 bits per heavy atom. The summed E-state index contributed by atoms with van der Waals surface area (Å²) < 4.78 is 5.12. The van der Waals surface area contributed by atoms with Crippen molar-refractivity contribution in [3.8, 4) is 0 Å². The number of carboxylic acid groups (broad SMARTS) is 1. The van der Waals surface area contributed by atoms with Crippen LogP contribution >= 0.6 is 0 Å². The van der Waals surface area contributed by atoms with Crippen LogP contribution in [-0.4, -0.2) is 22.7 Å². The third-order valence-electron chi connectivity index (χ3n) is 4.63. The summed E-state index contributed by atoms with van der Waals surface area (Å²) >= 11 is 0. The summed E-state index contributed by atoms with van der Waals surface area (Å²) in [5.41, 5.74) is -0.451. The van der Waals surface area contributed by atoms with Crippen molar-refractivity contribution in [3.63, 3.8) is 0 Å². The molecule has 5 heteroatoms. The molecule has 2 aliphatic rings. The summed E-state index contributed by atoms with van der Waals surface area (Å²) in [6.07, 6.45) is 2.46. The minimum absolute atomic E-state index is 0.148. The van der Waals surface area contributed by atoms with Gasteiger partial charge in [0.1, 0.15) is 12.1 Å². The molecule has 0 heterocycles. The number of nitrogens with one attached hydrogen (secondary N) is 1. The van der Waals surface area contributed by atoms with Crippen molar-refractivity contribution in [2.45, 2.75) is 37.8 Å². The van der Waals surface area contributed by atoms with Crippen molar-refractivity contribution in [3.05, 3.63) is 35.9 Å². The number of benzene rings is 1. The predicted molar refractivity (Wildman–Crippen MR) is 71.0 cm³/mol. The number of alkyl carbamates (subject to hydrolysis) is 1. The summed E-state index contributed by atoms with van der Waals surface area (Å²) in [6.45, 7) is 0.148. The minimum Gasteiger partial charge on any atom is -0.479 e. The van der Waals surface area contributed by atoms with Gasteiger partial charge in [-0.25, -0.2) is 9.59 Å². The fraction of sp³-hybridized carbons (Fsp3) is 0.467. The summed E-state index contributed by atoms with van der Waals surface area (Å²) in [7, 11) is 0. The second kappa shape index (κ2) is 4.51. The van der Waals surface area contributed by atoms with Crippen LogP contribution in [0.15, 0.2) is 30.3 Å². The number of amides is 1. The van der Waals surface area contributed by atoms with Crippen LogP contribution in [0.1, 0.15) is 31.2 Å². The van der Waals surface area contributed by atoms with Gasteiger partial charge in [-0.15, -0.1) is 0 Å². The fourth-order valence-electron chi connectivity index (χ4n) is 3.07. The van der Waals surface area contributed by atoms with E-state index in [9.17, 15) is 14.7 Å². The van der Waals surface area contributed by atoms with Crippen LogP contribution in [0.4, 0.5) is 4.79 Å². The molecule has 0 aliphatic heterocycles. The lowest BCUT2D eigenvalue weighted by Crippen LogP contribution is -2.66. The van der Waals surface area contributed by atoms with E-state index >= 15 is 0 Å². The van der Waals surface area contributed by atoms with Gasteiger partial charge in [0, 0.05) is 5.41 Å². The van der Waals surface area contributed by atoms with Gasteiger partial charge in [-0.3, -0.25) is 0 Å². The number of carbonyl (C=O) groups excluding carboxylic acids is 1. The SMILES string of the molecule is O=C(NC1(C(=O)O)CCC12CC2)OCc1ccccc1. The van der Waals surface area contributed by atoms with Gasteiger partial charge in [0.05, 0.1) is 0 Å². The molecule has 5 nitrogen and oxygen atoms in total. The molecule has 0 saturated heterocycles. The van der Waals surface area contributed by atoms with Crippen LogP contribution in [0.5, 0.6) is 0 Å². The van der Waals surface area contributed by atoms with Gasteiger partial charge in [-0.1, -0.05) is 30.3 Å². The molecule has 1 unspecified atom stereocenters. The third-order valence-corrected chi connectivity index (χ3v) is 4.63. The Kier molecular flexibility index (Phi) is 2.92. The Bertz CT molecular complexity index is 538. The average Bonchev–Trinajstić information content (AvgIpc) is 3.25. The van der Waals surface area contributed by atoms with Gasteiger partial charge < -0.3 is 15.2 Å². The summed E-state index contributed by atoms with van der Waals surface area (Å²) in [5, 5.41) is 12.0. The van der Waals surface area contributed by atoms with E-state index < -0.39 is 17.6 Å². The zero-order chi connectivity index (χ0) is 14.2. The summed E-state index contributed by atoms with van der Waals surface area (Å²) in [5.74, 6) is -0.946. The Labute approximate surface area is 116 Å². The van der Waals surface area contributed by atoms with Crippen LogP contribution in [0, 0.1) is 5.41 Å². The number of ether oxygens (including phenoxy) is 1. The van der Waals surface area contributed by atoms with Crippen molar-refractivity contribution < 1.29 is 19.4 Å². The Hall–Kier alpha value is -2.04. The molecule has 106 valence electrons. The lowest BCUT2D eigenvalue weighted by Gasteiger charge is -2.47. The summed E-state index contributed by atoms with van der Waals surface area (Å²) in [6, 6.07) is 9.31. The first-order valence-corrected chi connectivity index (χ1v) is 6.80. The second-order valence-electron chi connectivity index (χ2n) is 5.68. The molecular formula is C15H17NO4. The molecule has 1 spiro atoms. The van der Waals surface area contributed by atoms with E-state index in [-0.39, 0.29) is 12.0 Å². The fourth-order valence-corrected chi connectivity index (χ4v) is 3.07. The number of hydrogen-bond acceptors (Lipinski definition) is 3. The largest absolute Gasteiger partial charge is 0.479 e. The van der Waals surface area contributed by atoms with E-state index in [1.807, 2.05) is 30.3 Å². The number of hydrogen-bond donors (Lipinski definition) is 2. The summed E-state index contributed by atoms with van der Waals surface area (Å²) in [4.78, 5) is 23.3. The van der Waals surface area contributed by atoms with Crippen molar-refractivity contribution in [1.82, 2.24) is 5.32 Å². The molecule has 1 atom stereocenters. The highest BCUT2D eigenvalue weighted by Gasteiger charge is 2.70. The van der Waals surface area contributed by atoms with E-state index in [2.05, 4.69) is 5.32 Å². The molecule has 3 rings (SSSR count). The van der Waals surface area contributed by atoms with E-state index in [1.165, 1.54) is 0 Å². The molecular weight excluding hydrogens is 258 g/mol. The Balaban J connectivity index is 1.60. The van der Waals surface area contributed by atoms with Gasteiger partial charge in [0.25, 0.3) is 0 Å². The number of rotatable bonds is 4. The normalized spacial score (nSPS) is 25.6. The van der Waals surface area contributed by atoms with E-state index in [4.69, 9.17) is 4.74 Å². The molecule has 0 aromatic heterocycles. The Morgan fingerprint density at radius 2 is 1.80 bits per heavy atom. The topological polar surface area (TPSA) is 75.6 Å². The molecule has 20 heavy (non-hydrogen) atoms. The zero-order valence-corrected chi connectivity index (χ0v) is 11.1. The van der Waals surface area contributed by atoms with Crippen molar-refractivity contribution in [1.29, 1.82) is 0 Å². The standard InChI is InChI=1S/C15H17NO4/c17-12(18)15(9-8-14(15)6-7-14)16-13(19)20-10-11-4-2-1-3-5-11/h1-5H,6-10H2,(H,16,19)(H,17,18). The van der Waals surface area contributed by atoms with Gasteiger partial charge in [0.2, 0.25) is 0 Å². The van der Waals surface area contributed by atoms with Crippen molar-refractivity contribution in [2.75, 3.05) is 0 Å². The monoisotopic (exact) mass is 275 g/mol. The van der Waals surface area contributed by atoms with Crippen LogP contribution in [-0.2, 0) is 16.1 Å². The molecule has 2 aliphatic carbocycles. The van der Waals surface area contributed by atoms with Gasteiger partial charge >= 0.3 is 12.1 Å². The first kappa shape index (κ1) is 13.0. The van der Waals surface area contributed by atoms with Gasteiger partial charge in [-0.05, 0) is 31.2 Å². The van der Waals surface area contributed by atoms with E-state index in [1.54, 1.807) is 0 Å². The maximum atomic E-state index is 11.8. The highest BCUT2D eigenvalue weighted by molar-refractivity contribution is 5.87. The minimum atomic E-state index is -1.11. The quantitative estimate of drug-likeness (QED) is 0.884. The zero-order valence-electron chi connectivity index (χ0n) is 11.1. The average molecular weight is 275 g/mol. The number of carboxylic acids is 1. The second-order valence-corrected chi connectivity index (χ2v) is 5.68. The smallest absolute Gasteiger partial charge is 0.408 e. The predicted octanol–water partition coefficient (Wildman–Crippen LogP) is 2.31. The molecule has 1 aromatic rings. The lowest BCUT2D eigenvalue weighted by atomic mass is 9.63. The molecule has 1 aromatic carbocycles. The first-order valence-electron chi connectivity index (χ1n) is 6.80. The van der Waals surface area contributed by atoms with Crippen LogP contribution in [0.25, 0.3) is 0 Å². The maximum Gasteiger partial charge on any atom is 0.408 e. The Morgan fingerprint density at radius 3 is 2.30 bits per heavy atom.